The summed E-state index contributed by atoms with van der Waals surface area (Å²) in [7, 11) is 5.57. The van der Waals surface area contributed by atoms with Gasteiger partial charge in [-0.05, 0) is 18.2 Å². The maximum Gasteiger partial charge on any atom is 0.214 e. The van der Waals surface area contributed by atoms with E-state index in [1.54, 1.807) is 18.4 Å². The highest BCUT2D eigenvalue weighted by atomic mass is 32.1. The first-order valence-corrected chi connectivity index (χ1v) is 7.94. The Morgan fingerprint density at radius 1 is 1.13 bits per heavy atom. The normalized spacial score (nSPS) is 11.3. The summed E-state index contributed by atoms with van der Waals surface area (Å²) in [5, 5.41) is 0. The third kappa shape index (κ3) is 2.29. The number of hydrogen-bond donors (Lipinski definition) is 0. The summed E-state index contributed by atoms with van der Waals surface area (Å²) in [5.41, 5.74) is 2.94. The Bertz CT molecular complexity index is 987. The van der Waals surface area contributed by atoms with Crippen molar-refractivity contribution in [1.29, 1.82) is 0 Å². The van der Waals surface area contributed by atoms with Gasteiger partial charge >= 0.3 is 0 Å². The van der Waals surface area contributed by atoms with Crippen LogP contribution in [-0.2, 0) is 0 Å². The van der Waals surface area contributed by atoms with E-state index in [0.717, 1.165) is 32.4 Å². The SMILES string of the molecule is COc1ccc2c(n1)sc1nc(-c3ccc(N(C)C)nc3)cn12. The minimum atomic E-state index is 0.616. The lowest BCUT2D eigenvalue weighted by Crippen LogP contribution is -2.09. The van der Waals surface area contributed by atoms with Crippen LogP contribution in [0.1, 0.15) is 0 Å². The zero-order valence-corrected chi connectivity index (χ0v) is 13.8. The van der Waals surface area contributed by atoms with Crippen LogP contribution < -0.4 is 9.64 Å². The molecule has 116 valence electrons. The standard InChI is InChI=1S/C16H15N5OS/c1-20(2)13-6-4-10(8-17-13)11-9-21-12-5-7-14(22-3)19-15(12)23-16(21)18-11/h4-9H,1-3H3. The fourth-order valence-electron chi connectivity index (χ4n) is 2.42. The molecule has 4 aromatic heterocycles. The predicted octanol–water partition coefficient (Wildman–Crippen LogP) is 3.08. The van der Waals surface area contributed by atoms with Crippen molar-refractivity contribution in [3.05, 3.63) is 36.7 Å². The Morgan fingerprint density at radius 3 is 2.70 bits per heavy atom. The first-order valence-electron chi connectivity index (χ1n) is 7.12. The van der Waals surface area contributed by atoms with E-state index >= 15 is 0 Å². The zero-order chi connectivity index (χ0) is 16.0. The number of imidazole rings is 1. The molecular weight excluding hydrogens is 310 g/mol. The highest BCUT2D eigenvalue weighted by Gasteiger charge is 2.12. The lowest BCUT2D eigenvalue weighted by atomic mass is 10.2. The summed E-state index contributed by atoms with van der Waals surface area (Å²) < 4.78 is 7.23. The maximum atomic E-state index is 5.17. The summed E-state index contributed by atoms with van der Waals surface area (Å²) in [6, 6.07) is 7.90. The lowest BCUT2D eigenvalue weighted by molar-refractivity contribution is 0.400. The van der Waals surface area contributed by atoms with Crippen LogP contribution in [0.2, 0.25) is 0 Å². The third-order valence-electron chi connectivity index (χ3n) is 3.65. The van der Waals surface area contributed by atoms with Gasteiger partial charge in [-0.2, -0.15) is 0 Å². The molecule has 0 N–H and O–H groups in total. The van der Waals surface area contributed by atoms with Crippen molar-refractivity contribution < 1.29 is 4.74 Å². The van der Waals surface area contributed by atoms with Gasteiger partial charge in [0.05, 0.1) is 18.3 Å². The van der Waals surface area contributed by atoms with Crippen LogP contribution in [0.3, 0.4) is 0 Å². The predicted molar refractivity (Wildman–Crippen MR) is 92.5 cm³/mol. The molecule has 0 spiro atoms. The first-order chi connectivity index (χ1) is 11.2. The number of rotatable bonds is 3. The first kappa shape index (κ1) is 14.0. The minimum Gasteiger partial charge on any atom is -0.481 e. The molecule has 0 fully saturated rings. The van der Waals surface area contributed by atoms with Gasteiger partial charge in [0.25, 0.3) is 0 Å². The van der Waals surface area contributed by atoms with Gasteiger partial charge in [-0.3, -0.25) is 4.40 Å². The number of ether oxygens (including phenoxy) is 1. The van der Waals surface area contributed by atoms with Crippen molar-refractivity contribution in [2.45, 2.75) is 0 Å². The van der Waals surface area contributed by atoms with Crippen molar-refractivity contribution in [3.63, 3.8) is 0 Å². The molecule has 0 atom stereocenters. The van der Waals surface area contributed by atoms with E-state index in [-0.39, 0.29) is 0 Å². The fourth-order valence-corrected chi connectivity index (χ4v) is 3.40. The smallest absolute Gasteiger partial charge is 0.214 e. The second-order valence-electron chi connectivity index (χ2n) is 5.36. The summed E-state index contributed by atoms with van der Waals surface area (Å²) in [5.74, 6) is 1.54. The average Bonchev–Trinajstić information content (AvgIpc) is 3.11. The second kappa shape index (κ2) is 5.20. The van der Waals surface area contributed by atoms with Crippen molar-refractivity contribution in [3.8, 4) is 17.1 Å². The topological polar surface area (TPSA) is 55.6 Å². The molecule has 0 aliphatic heterocycles. The number of fused-ring (bicyclic) bond motifs is 3. The van der Waals surface area contributed by atoms with E-state index in [4.69, 9.17) is 9.72 Å². The van der Waals surface area contributed by atoms with Crippen LogP contribution in [0.5, 0.6) is 5.88 Å². The summed E-state index contributed by atoms with van der Waals surface area (Å²) in [6.07, 6.45) is 3.87. The van der Waals surface area contributed by atoms with E-state index in [1.165, 1.54) is 0 Å². The number of thiazole rings is 1. The monoisotopic (exact) mass is 325 g/mol. The Kier molecular flexibility index (Phi) is 3.16. The number of hydrogen-bond acceptors (Lipinski definition) is 6. The van der Waals surface area contributed by atoms with Crippen LogP contribution in [0.15, 0.2) is 36.7 Å². The molecule has 0 saturated heterocycles. The Morgan fingerprint density at radius 2 is 2.00 bits per heavy atom. The van der Waals surface area contributed by atoms with Crippen molar-refractivity contribution >= 4 is 32.5 Å². The number of pyridine rings is 2. The van der Waals surface area contributed by atoms with E-state index < -0.39 is 0 Å². The molecule has 4 rings (SSSR count). The Hall–Kier alpha value is -2.67. The van der Waals surface area contributed by atoms with Gasteiger partial charge in [0.2, 0.25) is 5.88 Å². The van der Waals surface area contributed by atoms with Crippen LogP contribution in [0.4, 0.5) is 5.82 Å². The van der Waals surface area contributed by atoms with Crippen molar-refractivity contribution in [2.24, 2.45) is 0 Å². The third-order valence-corrected chi connectivity index (χ3v) is 4.61. The molecule has 0 amide bonds. The molecule has 23 heavy (non-hydrogen) atoms. The number of anilines is 1. The minimum absolute atomic E-state index is 0.616. The largest absolute Gasteiger partial charge is 0.481 e. The second-order valence-corrected chi connectivity index (χ2v) is 6.31. The van der Waals surface area contributed by atoms with E-state index in [2.05, 4.69) is 14.4 Å². The van der Waals surface area contributed by atoms with Gasteiger partial charge in [0.15, 0.2) is 4.96 Å². The average molecular weight is 325 g/mol. The summed E-state index contributed by atoms with van der Waals surface area (Å²) >= 11 is 1.55. The summed E-state index contributed by atoms with van der Waals surface area (Å²) in [4.78, 5) is 17.4. The van der Waals surface area contributed by atoms with Gasteiger partial charge < -0.3 is 9.64 Å². The maximum absolute atomic E-state index is 5.17. The molecule has 0 aromatic carbocycles. The van der Waals surface area contributed by atoms with Crippen LogP contribution in [0, 0.1) is 0 Å². The highest BCUT2D eigenvalue weighted by Crippen LogP contribution is 2.29. The van der Waals surface area contributed by atoms with E-state index in [9.17, 15) is 0 Å². The molecule has 0 aliphatic carbocycles. The molecule has 7 heteroatoms. The van der Waals surface area contributed by atoms with E-state index in [1.807, 2.05) is 55.7 Å². The van der Waals surface area contributed by atoms with Crippen molar-refractivity contribution in [2.75, 3.05) is 26.1 Å². The number of aromatic nitrogens is 4. The molecule has 6 nitrogen and oxygen atoms in total. The quantitative estimate of drug-likeness (QED) is 0.579. The van der Waals surface area contributed by atoms with Crippen molar-refractivity contribution in [1.82, 2.24) is 19.4 Å². The molecule has 0 unspecified atom stereocenters. The molecule has 0 bridgehead atoms. The molecule has 4 heterocycles. The van der Waals surface area contributed by atoms with Crippen LogP contribution in [-0.4, -0.2) is 40.6 Å². The van der Waals surface area contributed by atoms with Gasteiger partial charge in [0.1, 0.15) is 10.6 Å². The molecule has 4 aromatic rings. The molecule has 0 radical (unpaired) electrons. The molecular formula is C16H15N5OS. The van der Waals surface area contributed by atoms with Crippen LogP contribution in [0.25, 0.3) is 26.6 Å². The molecule has 0 aliphatic rings. The zero-order valence-electron chi connectivity index (χ0n) is 13.0. The fraction of sp³-hybridized carbons (Fsp3) is 0.188. The van der Waals surface area contributed by atoms with Gasteiger partial charge in [-0.1, -0.05) is 11.3 Å². The number of nitrogens with zero attached hydrogens (tertiary/aromatic N) is 5. The van der Waals surface area contributed by atoms with Gasteiger partial charge in [0, 0.05) is 38.1 Å². The van der Waals surface area contributed by atoms with Crippen LogP contribution >= 0.6 is 11.3 Å². The Balaban J connectivity index is 1.79. The summed E-state index contributed by atoms with van der Waals surface area (Å²) in [6.45, 7) is 0. The highest BCUT2D eigenvalue weighted by molar-refractivity contribution is 7.23. The number of methoxy groups -OCH3 is 1. The Labute approximate surface area is 137 Å². The van der Waals surface area contributed by atoms with Gasteiger partial charge in [-0.15, -0.1) is 0 Å². The molecule has 0 saturated carbocycles. The van der Waals surface area contributed by atoms with E-state index in [0.29, 0.717) is 5.88 Å². The lowest BCUT2D eigenvalue weighted by Gasteiger charge is -2.10. The van der Waals surface area contributed by atoms with Gasteiger partial charge in [-0.25, -0.2) is 15.0 Å².